The Bertz CT molecular complexity index is 1010. The fourth-order valence-corrected chi connectivity index (χ4v) is 3.67. The predicted molar refractivity (Wildman–Crippen MR) is 99.0 cm³/mol. The number of rotatable bonds is 3. The molecular formula is C19H16ClFN4O2. The molecule has 1 saturated heterocycles. The van der Waals surface area contributed by atoms with E-state index in [1.54, 1.807) is 23.0 Å². The van der Waals surface area contributed by atoms with Gasteiger partial charge in [-0.25, -0.2) is 9.18 Å². The van der Waals surface area contributed by atoms with Crippen molar-refractivity contribution in [1.29, 1.82) is 0 Å². The first-order chi connectivity index (χ1) is 12.9. The van der Waals surface area contributed by atoms with Crippen LogP contribution in [0, 0.1) is 5.82 Å². The summed E-state index contributed by atoms with van der Waals surface area (Å²) in [6, 6.07) is 9.80. The summed E-state index contributed by atoms with van der Waals surface area (Å²) in [7, 11) is 1.82. The number of hydrogen-bond donors (Lipinski definition) is 1. The van der Waals surface area contributed by atoms with E-state index in [9.17, 15) is 9.18 Å². The Morgan fingerprint density at radius 3 is 2.52 bits per heavy atom. The molecule has 1 aliphatic rings. The lowest BCUT2D eigenvalue weighted by Crippen LogP contribution is -2.58. The molecule has 4 rings (SSSR count). The van der Waals surface area contributed by atoms with Gasteiger partial charge in [0.2, 0.25) is 0 Å². The molecule has 1 aromatic carbocycles. The average Bonchev–Trinajstić information content (AvgIpc) is 3.05. The Morgan fingerprint density at radius 2 is 1.93 bits per heavy atom. The highest BCUT2D eigenvalue weighted by atomic mass is 35.5. The molecule has 2 aromatic heterocycles. The Morgan fingerprint density at radius 1 is 1.22 bits per heavy atom. The van der Waals surface area contributed by atoms with Gasteiger partial charge in [-0.15, -0.1) is 11.6 Å². The zero-order valence-electron chi connectivity index (χ0n) is 14.4. The zero-order chi connectivity index (χ0) is 19.2. The minimum atomic E-state index is -0.999. The maximum atomic E-state index is 13.2. The minimum absolute atomic E-state index is 0.182. The Kier molecular flexibility index (Phi) is 4.11. The molecule has 8 heteroatoms. The molecule has 0 spiro atoms. The van der Waals surface area contributed by atoms with Gasteiger partial charge in [-0.3, -0.25) is 9.67 Å². The van der Waals surface area contributed by atoms with Gasteiger partial charge >= 0.3 is 6.09 Å². The highest BCUT2D eigenvalue weighted by Gasteiger charge is 2.47. The number of likely N-dealkylation sites (tertiary alicyclic amines) is 1. The predicted octanol–water partition coefficient (Wildman–Crippen LogP) is 3.72. The molecule has 138 valence electrons. The van der Waals surface area contributed by atoms with Crippen molar-refractivity contribution < 1.29 is 14.3 Å². The van der Waals surface area contributed by atoms with Gasteiger partial charge in [-0.1, -0.05) is 0 Å². The molecular weight excluding hydrogens is 371 g/mol. The average molecular weight is 387 g/mol. The first kappa shape index (κ1) is 17.5. The standard InChI is InChI=1S/C19H16ClFN4O2/c1-24-7-6-16(23-24)14-8-17(12-2-4-13(21)5-3-12)22-9-15(14)19(20)10-25(11-19)18(26)27/h2-9H,10-11H2,1H3,(H,26,27). The second kappa shape index (κ2) is 6.35. The molecule has 0 bridgehead atoms. The van der Waals surface area contributed by atoms with E-state index in [0.717, 1.165) is 16.7 Å². The lowest BCUT2D eigenvalue weighted by atomic mass is 9.87. The topological polar surface area (TPSA) is 71.2 Å². The van der Waals surface area contributed by atoms with Gasteiger partial charge in [0.25, 0.3) is 0 Å². The van der Waals surface area contributed by atoms with E-state index in [1.165, 1.54) is 17.0 Å². The van der Waals surface area contributed by atoms with Gasteiger partial charge < -0.3 is 10.0 Å². The molecule has 27 heavy (non-hydrogen) atoms. The van der Waals surface area contributed by atoms with Crippen LogP contribution in [0.15, 0.2) is 48.8 Å². The highest BCUT2D eigenvalue weighted by molar-refractivity contribution is 6.26. The number of alkyl halides is 1. The van der Waals surface area contributed by atoms with Crippen LogP contribution < -0.4 is 0 Å². The number of nitrogens with zero attached hydrogens (tertiary/aromatic N) is 4. The van der Waals surface area contributed by atoms with E-state index in [0.29, 0.717) is 11.4 Å². The van der Waals surface area contributed by atoms with Crippen LogP contribution in [-0.2, 0) is 11.9 Å². The lowest BCUT2D eigenvalue weighted by molar-refractivity contribution is 0.0927. The van der Waals surface area contributed by atoms with Crippen LogP contribution in [0.4, 0.5) is 9.18 Å². The first-order valence-corrected chi connectivity index (χ1v) is 8.67. The molecule has 1 fully saturated rings. The van der Waals surface area contributed by atoms with Crippen LogP contribution in [-0.4, -0.2) is 44.0 Å². The summed E-state index contributed by atoms with van der Waals surface area (Å²) in [5.74, 6) is -0.316. The third kappa shape index (κ3) is 3.14. The summed E-state index contributed by atoms with van der Waals surface area (Å²) in [5, 5.41) is 13.6. The van der Waals surface area contributed by atoms with Crippen molar-refractivity contribution >= 4 is 17.7 Å². The summed E-state index contributed by atoms with van der Waals surface area (Å²) in [5.41, 5.74) is 3.65. The molecule has 0 atom stereocenters. The molecule has 3 heterocycles. The third-order valence-electron chi connectivity index (χ3n) is 4.67. The number of carboxylic acid groups (broad SMARTS) is 1. The maximum absolute atomic E-state index is 13.2. The smallest absolute Gasteiger partial charge is 0.407 e. The van der Waals surface area contributed by atoms with Gasteiger partial charge in [0, 0.05) is 49.2 Å². The summed E-state index contributed by atoms with van der Waals surface area (Å²) in [6.07, 6.45) is 2.48. The molecule has 3 aromatic rings. The van der Waals surface area contributed by atoms with E-state index in [-0.39, 0.29) is 18.9 Å². The summed E-state index contributed by atoms with van der Waals surface area (Å²) in [4.78, 5) is 16.0. The van der Waals surface area contributed by atoms with Crippen molar-refractivity contribution in [3.05, 3.63) is 60.2 Å². The molecule has 1 N–H and O–H groups in total. The normalized spacial score (nSPS) is 15.4. The monoisotopic (exact) mass is 386 g/mol. The number of hydrogen-bond acceptors (Lipinski definition) is 3. The molecule has 0 aliphatic carbocycles. The van der Waals surface area contributed by atoms with Crippen LogP contribution in [0.3, 0.4) is 0 Å². The van der Waals surface area contributed by atoms with Crippen LogP contribution >= 0.6 is 11.6 Å². The van der Waals surface area contributed by atoms with Crippen LogP contribution in [0.2, 0.25) is 0 Å². The van der Waals surface area contributed by atoms with Crippen molar-refractivity contribution in [1.82, 2.24) is 19.7 Å². The quantitative estimate of drug-likeness (QED) is 0.696. The second-order valence-electron chi connectivity index (χ2n) is 6.60. The van der Waals surface area contributed by atoms with E-state index in [1.807, 2.05) is 25.4 Å². The van der Waals surface area contributed by atoms with Gasteiger partial charge in [-0.05, 0) is 36.4 Å². The Balaban J connectivity index is 1.79. The summed E-state index contributed by atoms with van der Waals surface area (Å²) < 4.78 is 14.9. The highest BCUT2D eigenvalue weighted by Crippen LogP contribution is 2.43. The summed E-state index contributed by atoms with van der Waals surface area (Å²) in [6.45, 7) is 0.364. The zero-order valence-corrected chi connectivity index (χ0v) is 15.2. The molecule has 6 nitrogen and oxygen atoms in total. The first-order valence-electron chi connectivity index (χ1n) is 8.29. The number of pyridine rings is 1. The SMILES string of the molecule is Cn1ccc(-c2cc(-c3ccc(F)cc3)ncc2C2(Cl)CN(C(=O)O)C2)n1. The maximum Gasteiger partial charge on any atom is 0.407 e. The molecule has 1 amide bonds. The van der Waals surface area contributed by atoms with Gasteiger partial charge in [0.05, 0.1) is 11.4 Å². The van der Waals surface area contributed by atoms with Crippen molar-refractivity contribution in [2.45, 2.75) is 4.87 Å². The Hall–Kier alpha value is -2.93. The van der Waals surface area contributed by atoms with E-state index in [4.69, 9.17) is 16.7 Å². The van der Waals surface area contributed by atoms with Gasteiger partial charge in [-0.2, -0.15) is 5.10 Å². The number of carbonyl (C=O) groups is 1. The van der Waals surface area contributed by atoms with Crippen molar-refractivity contribution in [3.63, 3.8) is 0 Å². The van der Waals surface area contributed by atoms with E-state index >= 15 is 0 Å². The molecule has 0 radical (unpaired) electrons. The van der Waals surface area contributed by atoms with E-state index in [2.05, 4.69) is 10.1 Å². The molecule has 0 unspecified atom stereocenters. The Labute approximate surface area is 159 Å². The van der Waals surface area contributed by atoms with Gasteiger partial charge in [0.15, 0.2) is 0 Å². The second-order valence-corrected chi connectivity index (χ2v) is 7.32. The fraction of sp³-hybridized carbons (Fsp3) is 0.211. The fourth-order valence-electron chi connectivity index (χ4n) is 3.23. The van der Waals surface area contributed by atoms with Crippen molar-refractivity contribution in [2.75, 3.05) is 13.1 Å². The molecule has 0 saturated carbocycles. The largest absolute Gasteiger partial charge is 0.465 e. The number of halogens is 2. The number of aryl methyl sites for hydroxylation is 1. The summed E-state index contributed by atoms with van der Waals surface area (Å²) >= 11 is 6.72. The van der Waals surface area contributed by atoms with Crippen LogP contribution in [0.1, 0.15) is 5.56 Å². The van der Waals surface area contributed by atoms with Crippen molar-refractivity contribution in [3.8, 4) is 22.5 Å². The minimum Gasteiger partial charge on any atom is -0.465 e. The van der Waals surface area contributed by atoms with E-state index < -0.39 is 11.0 Å². The number of amides is 1. The lowest BCUT2D eigenvalue weighted by Gasteiger charge is -2.45. The molecule has 1 aliphatic heterocycles. The van der Waals surface area contributed by atoms with Crippen LogP contribution in [0.5, 0.6) is 0 Å². The number of benzene rings is 1. The van der Waals surface area contributed by atoms with Crippen LogP contribution in [0.25, 0.3) is 22.5 Å². The third-order valence-corrected chi connectivity index (χ3v) is 5.11. The van der Waals surface area contributed by atoms with Gasteiger partial charge in [0.1, 0.15) is 10.7 Å². The van der Waals surface area contributed by atoms with Crippen molar-refractivity contribution in [2.24, 2.45) is 7.05 Å². The number of aromatic nitrogens is 3.